The number of pyridine rings is 1. The molecule has 9 heteroatoms. The summed E-state index contributed by atoms with van der Waals surface area (Å²) in [6.45, 7) is 6.47. The second kappa shape index (κ2) is 9.18. The Bertz CT molecular complexity index is 914. The van der Waals surface area contributed by atoms with Crippen LogP contribution in [0.2, 0.25) is 0 Å². The molecule has 1 aromatic heterocycles. The summed E-state index contributed by atoms with van der Waals surface area (Å²) in [6.07, 6.45) is 3.92. The molecule has 1 aliphatic carbocycles. The Morgan fingerprint density at radius 1 is 1.15 bits per heavy atom. The van der Waals surface area contributed by atoms with Gasteiger partial charge in [0.2, 0.25) is 18.0 Å². The fourth-order valence-corrected chi connectivity index (χ4v) is 6.19. The molecule has 1 aromatic rings. The van der Waals surface area contributed by atoms with E-state index in [0.717, 1.165) is 31.4 Å². The zero-order valence-electron chi connectivity index (χ0n) is 20.0. The first kappa shape index (κ1) is 23.7. The second-order valence-corrected chi connectivity index (χ2v) is 10.4. The Hall–Kier alpha value is -2.07. The highest BCUT2D eigenvalue weighted by molar-refractivity contribution is 5.81. The molecular weight excluding hydrogens is 440 g/mol. The van der Waals surface area contributed by atoms with E-state index in [1.165, 1.54) is 0 Å². The molecule has 0 aromatic carbocycles. The number of carbonyl (C=O) groups is 2. The Morgan fingerprint density at radius 3 is 2.79 bits per heavy atom. The van der Waals surface area contributed by atoms with Gasteiger partial charge in [0.1, 0.15) is 0 Å². The molecule has 5 fully saturated rings. The fraction of sp³-hybridized carbons (Fsp3) is 0.720. The maximum absolute atomic E-state index is 12.6. The van der Waals surface area contributed by atoms with Gasteiger partial charge in [-0.3, -0.25) is 14.6 Å². The molecule has 6 rings (SSSR count). The van der Waals surface area contributed by atoms with Crippen LogP contribution in [0.25, 0.3) is 0 Å². The van der Waals surface area contributed by atoms with E-state index in [0.29, 0.717) is 12.5 Å². The van der Waals surface area contributed by atoms with Crippen molar-refractivity contribution >= 4 is 11.9 Å². The highest BCUT2D eigenvalue weighted by atomic mass is 17.3. The van der Waals surface area contributed by atoms with Crippen LogP contribution in [0.4, 0.5) is 0 Å². The average molecular weight is 475 g/mol. The minimum atomic E-state index is -0.877. The molecule has 4 aliphatic heterocycles. The van der Waals surface area contributed by atoms with Crippen molar-refractivity contribution < 1.29 is 33.6 Å². The third-order valence-electron chi connectivity index (χ3n) is 8.09. The normalized spacial score (nSPS) is 40.7. The van der Waals surface area contributed by atoms with E-state index in [9.17, 15) is 9.59 Å². The lowest BCUT2D eigenvalue weighted by Crippen LogP contribution is -2.70. The van der Waals surface area contributed by atoms with Gasteiger partial charge in [-0.05, 0) is 50.2 Å². The maximum atomic E-state index is 12.6. The molecule has 1 unspecified atom stereocenters. The van der Waals surface area contributed by atoms with E-state index in [1.807, 2.05) is 32.0 Å². The number of nitrogens with one attached hydrogen (secondary N) is 1. The molecule has 34 heavy (non-hydrogen) atoms. The molecule has 9 nitrogen and oxygen atoms in total. The monoisotopic (exact) mass is 474 g/mol. The lowest BCUT2D eigenvalue weighted by atomic mass is 9.58. The molecule has 2 bridgehead atoms. The smallest absolute Gasteiger partial charge is 0.308 e. The molecular formula is C25H34N2O7. The molecule has 1 N–H and O–H groups in total. The van der Waals surface area contributed by atoms with Crippen LogP contribution in [-0.2, 0) is 40.1 Å². The molecule has 0 radical (unpaired) electrons. The van der Waals surface area contributed by atoms with Crippen LogP contribution in [0.3, 0.4) is 0 Å². The van der Waals surface area contributed by atoms with Gasteiger partial charge in [-0.2, -0.15) is 0 Å². The average Bonchev–Trinajstić information content (AvgIpc) is 3.06. The summed E-state index contributed by atoms with van der Waals surface area (Å²) in [4.78, 5) is 40.9. The standard InChI is InChI=1S/C25H34N2O7/c1-15-7-8-19-16(2)22(31-23-25(19)18(15)11-12-24(3,32-23)33-34-25)30-21(29)10-9-20(28)27-14-17-6-4-5-13-26-17/h4-6,13,15-16,18-19,22-23H,7-12,14H2,1-3H3,(H,27,28)/t15-,16-,18+,19+,22-,23-,24+,25?/m1/s1. The topological polar surface area (TPSA) is 105 Å². The van der Waals surface area contributed by atoms with E-state index >= 15 is 0 Å². The van der Waals surface area contributed by atoms with Gasteiger partial charge in [0.05, 0.1) is 18.7 Å². The lowest BCUT2D eigenvalue weighted by molar-refractivity contribution is -0.576. The number of amides is 1. The van der Waals surface area contributed by atoms with Crippen LogP contribution in [0.15, 0.2) is 24.4 Å². The zero-order valence-corrected chi connectivity index (χ0v) is 20.0. The summed E-state index contributed by atoms with van der Waals surface area (Å²) in [7, 11) is 0. The number of rotatable bonds is 6. The fourth-order valence-electron chi connectivity index (χ4n) is 6.19. The number of carbonyl (C=O) groups excluding carboxylic acids is 2. The predicted octanol–water partition coefficient (Wildman–Crippen LogP) is 3.23. The van der Waals surface area contributed by atoms with E-state index in [1.54, 1.807) is 6.20 Å². The van der Waals surface area contributed by atoms with Crippen LogP contribution < -0.4 is 5.32 Å². The van der Waals surface area contributed by atoms with E-state index in [-0.39, 0.29) is 36.5 Å². The van der Waals surface area contributed by atoms with E-state index in [4.69, 9.17) is 24.0 Å². The Morgan fingerprint density at radius 2 is 2.00 bits per heavy atom. The third kappa shape index (κ3) is 4.23. The second-order valence-electron chi connectivity index (χ2n) is 10.4. The van der Waals surface area contributed by atoms with Crippen molar-refractivity contribution in [2.45, 2.75) is 89.8 Å². The van der Waals surface area contributed by atoms with Gasteiger partial charge < -0.3 is 19.5 Å². The van der Waals surface area contributed by atoms with E-state index < -0.39 is 29.9 Å². The molecule has 186 valence electrons. The number of fused-ring (bicyclic) bond motifs is 2. The molecule has 5 heterocycles. The van der Waals surface area contributed by atoms with Gasteiger partial charge in [0, 0.05) is 30.9 Å². The summed E-state index contributed by atoms with van der Waals surface area (Å²) >= 11 is 0. The number of esters is 1. The molecule has 1 saturated carbocycles. The molecule has 8 atom stereocenters. The van der Waals surface area contributed by atoms with Crippen molar-refractivity contribution in [1.29, 1.82) is 0 Å². The molecule has 1 spiro atoms. The Balaban J connectivity index is 1.20. The lowest BCUT2D eigenvalue weighted by Gasteiger charge is -2.59. The van der Waals surface area contributed by atoms with Crippen LogP contribution in [0.1, 0.15) is 65.0 Å². The number of hydrogen-bond donors (Lipinski definition) is 1. The molecule has 5 aliphatic rings. The first-order chi connectivity index (χ1) is 16.3. The predicted molar refractivity (Wildman–Crippen MR) is 118 cm³/mol. The largest absolute Gasteiger partial charge is 0.435 e. The highest BCUT2D eigenvalue weighted by Crippen LogP contribution is 2.60. The van der Waals surface area contributed by atoms with Gasteiger partial charge in [0.25, 0.3) is 0 Å². The van der Waals surface area contributed by atoms with E-state index in [2.05, 4.69) is 17.2 Å². The number of aromatic nitrogens is 1. The quantitative estimate of drug-likeness (QED) is 0.495. The van der Waals surface area contributed by atoms with Crippen molar-refractivity contribution in [3.05, 3.63) is 30.1 Å². The van der Waals surface area contributed by atoms with Crippen LogP contribution >= 0.6 is 0 Å². The van der Waals surface area contributed by atoms with Gasteiger partial charge in [0.15, 0.2) is 11.9 Å². The van der Waals surface area contributed by atoms with Crippen molar-refractivity contribution in [2.24, 2.45) is 23.7 Å². The summed E-state index contributed by atoms with van der Waals surface area (Å²) in [5.74, 6) is -0.876. The zero-order chi connectivity index (χ0) is 23.9. The number of ether oxygens (including phenoxy) is 3. The van der Waals surface area contributed by atoms with Crippen LogP contribution in [-0.4, -0.2) is 40.8 Å². The van der Waals surface area contributed by atoms with Crippen molar-refractivity contribution in [3.63, 3.8) is 0 Å². The minimum Gasteiger partial charge on any atom is -0.435 e. The third-order valence-corrected chi connectivity index (χ3v) is 8.09. The SMILES string of the molecule is C[C@H]1[C@H](OC(=O)CCC(=O)NCc2ccccn2)O[C@@H]2O[C@]3(C)CC[C@H]4[C@H](C)CC[C@@H]1C24OO3. The Kier molecular flexibility index (Phi) is 6.39. The van der Waals surface area contributed by atoms with Gasteiger partial charge in [-0.1, -0.05) is 19.9 Å². The number of hydrogen-bond acceptors (Lipinski definition) is 8. The Labute approximate surface area is 199 Å². The summed E-state index contributed by atoms with van der Waals surface area (Å²) < 4.78 is 18.3. The van der Waals surface area contributed by atoms with Crippen LogP contribution in [0.5, 0.6) is 0 Å². The van der Waals surface area contributed by atoms with Crippen molar-refractivity contribution in [2.75, 3.05) is 0 Å². The van der Waals surface area contributed by atoms with Crippen molar-refractivity contribution in [3.8, 4) is 0 Å². The highest BCUT2D eigenvalue weighted by Gasteiger charge is 2.69. The summed E-state index contributed by atoms with van der Waals surface area (Å²) in [5.41, 5.74) is 0.0657. The first-order valence-electron chi connectivity index (χ1n) is 12.4. The van der Waals surface area contributed by atoms with Crippen molar-refractivity contribution in [1.82, 2.24) is 10.3 Å². The minimum absolute atomic E-state index is 0.0288. The molecule has 1 amide bonds. The number of nitrogens with zero attached hydrogens (tertiary/aromatic N) is 1. The van der Waals surface area contributed by atoms with Gasteiger partial charge in [-0.15, -0.1) is 0 Å². The summed E-state index contributed by atoms with van der Waals surface area (Å²) in [6, 6.07) is 5.51. The van der Waals surface area contributed by atoms with Crippen LogP contribution in [0, 0.1) is 23.7 Å². The first-order valence-corrected chi connectivity index (χ1v) is 12.4. The summed E-state index contributed by atoms with van der Waals surface area (Å²) in [5, 5.41) is 2.77. The maximum Gasteiger partial charge on any atom is 0.308 e. The molecule has 4 saturated heterocycles. The van der Waals surface area contributed by atoms with Gasteiger partial charge >= 0.3 is 5.97 Å². The van der Waals surface area contributed by atoms with Gasteiger partial charge in [-0.25, -0.2) is 9.78 Å².